The number of aliphatic hydroxyl groups is 1. The van der Waals surface area contributed by atoms with E-state index in [1.165, 1.54) is 23.8 Å². The first-order chi connectivity index (χ1) is 23.1. The highest BCUT2D eigenvalue weighted by molar-refractivity contribution is 8.00. The van der Waals surface area contributed by atoms with Crippen LogP contribution < -0.4 is 14.4 Å². The fourth-order valence-electron chi connectivity index (χ4n) is 5.33. The number of hydrogen-bond acceptors (Lipinski definition) is 9. The molecule has 4 aromatic carbocycles. The standard InChI is InChI=1S/C36H29Cl2N3O5S2/c1-20-9-10-21(2)26(15-20)32(42)30-31(23-12-14-28(29(16-23)45-3)46-18-22-7-5-4-6-8-22)41(34(44)33(30)43)35-39-40-36(48-35)47-19-24-11-13-25(37)17-27(24)38/h4-17,31,42H,18-19H2,1-3H3. The number of carbonyl (C=O) groups excluding carboxylic acids is 2. The average Bonchev–Trinajstić information content (AvgIpc) is 3.66. The lowest BCUT2D eigenvalue weighted by atomic mass is 9.93. The van der Waals surface area contributed by atoms with Crippen molar-refractivity contribution < 1.29 is 24.2 Å². The quantitative estimate of drug-likeness (QED) is 0.0502. The van der Waals surface area contributed by atoms with Crippen molar-refractivity contribution in [2.24, 2.45) is 0 Å². The van der Waals surface area contributed by atoms with Gasteiger partial charge in [0, 0.05) is 21.4 Å². The second-order valence-corrected chi connectivity index (χ2v) is 14.1. The van der Waals surface area contributed by atoms with Gasteiger partial charge in [-0.05, 0) is 66.4 Å². The SMILES string of the molecule is COc1cc(C2C(=C(O)c3cc(C)ccc3C)C(=O)C(=O)N2c2nnc(SCc3ccc(Cl)cc3Cl)s2)ccc1OCc1ccccc1. The molecule has 1 fully saturated rings. The zero-order valence-electron chi connectivity index (χ0n) is 26.1. The first-order valence-corrected chi connectivity index (χ1v) is 17.3. The number of anilines is 1. The normalized spacial score (nSPS) is 15.6. The highest BCUT2D eigenvalue weighted by Crippen LogP contribution is 2.46. The summed E-state index contributed by atoms with van der Waals surface area (Å²) >= 11 is 15.0. The Kier molecular flexibility index (Phi) is 10.1. The molecular weight excluding hydrogens is 689 g/mol. The third kappa shape index (κ3) is 6.93. The van der Waals surface area contributed by atoms with Gasteiger partial charge < -0.3 is 14.6 Å². The van der Waals surface area contributed by atoms with E-state index >= 15 is 0 Å². The first kappa shape index (κ1) is 33.5. The highest BCUT2D eigenvalue weighted by atomic mass is 35.5. The molecule has 1 N–H and O–H groups in total. The second-order valence-electron chi connectivity index (χ2n) is 11.0. The van der Waals surface area contributed by atoms with Crippen LogP contribution in [0.4, 0.5) is 5.13 Å². The number of ether oxygens (including phenoxy) is 2. The lowest BCUT2D eigenvalue weighted by molar-refractivity contribution is -0.132. The monoisotopic (exact) mass is 717 g/mol. The fraction of sp³-hybridized carbons (Fsp3) is 0.167. The van der Waals surface area contributed by atoms with E-state index in [-0.39, 0.29) is 16.5 Å². The number of methoxy groups -OCH3 is 1. The molecule has 1 amide bonds. The number of hydrogen-bond donors (Lipinski definition) is 1. The van der Waals surface area contributed by atoms with Gasteiger partial charge in [-0.25, -0.2) is 0 Å². The smallest absolute Gasteiger partial charge is 0.301 e. The minimum atomic E-state index is -1.03. The van der Waals surface area contributed by atoms with E-state index in [2.05, 4.69) is 10.2 Å². The highest BCUT2D eigenvalue weighted by Gasteiger charge is 2.48. The number of Topliss-reactive ketones (excluding diaryl/α,β-unsaturated/α-hetero) is 1. The predicted octanol–water partition coefficient (Wildman–Crippen LogP) is 8.97. The summed E-state index contributed by atoms with van der Waals surface area (Å²) in [7, 11) is 1.52. The maximum Gasteiger partial charge on any atom is 0.301 e. The van der Waals surface area contributed by atoms with Crippen LogP contribution >= 0.6 is 46.3 Å². The van der Waals surface area contributed by atoms with Gasteiger partial charge >= 0.3 is 5.91 Å². The number of carbonyl (C=O) groups is 2. The lowest BCUT2D eigenvalue weighted by Crippen LogP contribution is -2.29. The van der Waals surface area contributed by atoms with Crippen LogP contribution in [0, 0.1) is 13.8 Å². The molecule has 0 saturated carbocycles. The fourth-order valence-corrected chi connectivity index (χ4v) is 7.75. The Hall–Kier alpha value is -4.35. The van der Waals surface area contributed by atoms with Gasteiger partial charge in [0.05, 0.1) is 18.7 Å². The Morgan fingerprint density at radius 3 is 2.50 bits per heavy atom. The number of thioether (sulfide) groups is 1. The summed E-state index contributed by atoms with van der Waals surface area (Å²) in [6.45, 7) is 4.04. The summed E-state index contributed by atoms with van der Waals surface area (Å²) in [6.07, 6.45) is 0. The third-order valence-electron chi connectivity index (χ3n) is 7.80. The second kappa shape index (κ2) is 14.4. The van der Waals surface area contributed by atoms with Crippen molar-refractivity contribution in [3.63, 3.8) is 0 Å². The largest absolute Gasteiger partial charge is 0.507 e. The number of aliphatic hydroxyl groups excluding tert-OH is 1. The number of benzene rings is 4. The summed E-state index contributed by atoms with van der Waals surface area (Å²) in [5.74, 6) is -0.577. The Morgan fingerprint density at radius 2 is 1.75 bits per heavy atom. The van der Waals surface area contributed by atoms with Crippen molar-refractivity contribution in [2.45, 2.75) is 36.6 Å². The number of rotatable bonds is 10. The Balaban J connectivity index is 1.40. The molecule has 12 heteroatoms. The van der Waals surface area contributed by atoms with Crippen LogP contribution in [0.15, 0.2) is 94.8 Å². The summed E-state index contributed by atoms with van der Waals surface area (Å²) in [6, 6.07) is 24.7. The molecule has 0 spiro atoms. The van der Waals surface area contributed by atoms with Crippen molar-refractivity contribution in [1.82, 2.24) is 10.2 Å². The molecule has 0 radical (unpaired) electrons. The summed E-state index contributed by atoms with van der Waals surface area (Å²) < 4.78 is 12.3. The van der Waals surface area contributed by atoms with Gasteiger partial charge in [-0.3, -0.25) is 14.5 Å². The lowest BCUT2D eigenvalue weighted by Gasteiger charge is -2.23. The molecule has 8 nitrogen and oxygen atoms in total. The maximum absolute atomic E-state index is 13.8. The number of aryl methyl sites for hydroxylation is 2. The molecule has 1 aliphatic heterocycles. The van der Waals surface area contributed by atoms with Gasteiger partial charge in [0.2, 0.25) is 5.13 Å². The van der Waals surface area contributed by atoms with Crippen LogP contribution in [0.25, 0.3) is 5.76 Å². The van der Waals surface area contributed by atoms with Gasteiger partial charge in [0.1, 0.15) is 12.4 Å². The zero-order chi connectivity index (χ0) is 33.9. The van der Waals surface area contributed by atoms with E-state index in [4.69, 9.17) is 32.7 Å². The molecule has 5 aromatic rings. The molecule has 48 heavy (non-hydrogen) atoms. The van der Waals surface area contributed by atoms with Crippen molar-refractivity contribution in [1.29, 1.82) is 0 Å². The number of ketones is 1. The molecule has 1 aliphatic rings. The van der Waals surface area contributed by atoms with Crippen LogP contribution in [-0.4, -0.2) is 34.1 Å². The molecule has 244 valence electrons. The van der Waals surface area contributed by atoms with Gasteiger partial charge in [-0.1, -0.05) is 106 Å². The number of aromatic nitrogens is 2. The van der Waals surface area contributed by atoms with E-state index < -0.39 is 17.7 Å². The van der Waals surface area contributed by atoms with E-state index in [0.717, 1.165) is 33.6 Å². The molecule has 1 atom stereocenters. The van der Waals surface area contributed by atoms with Crippen molar-refractivity contribution in [2.75, 3.05) is 12.0 Å². The topological polar surface area (TPSA) is 102 Å². The van der Waals surface area contributed by atoms with E-state index in [9.17, 15) is 14.7 Å². The van der Waals surface area contributed by atoms with Gasteiger partial charge in [0.15, 0.2) is 15.8 Å². The van der Waals surface area contributed by atoms with Crippen LogP contribution in [0.1, 0.15) is 39.4 Å². The molecule has 1 unspecified atom stereocenters. The number of amides is 1. The van der Waals surface area contributed by atoms with Crippen molar-refractivity contribution in [3.8, 4) is 11.5 Å². The van der Waals surface area contributed by atoms with Crippen LogP contribution in [-0.2, 0) is 21.9 Å². The van der Waals surface area contributed by atoms with Crippen LogP contribution in [0.2, 0.25) is 10.0 Å². The van der Waals surface area contributed by atoms with E-state index in [1.54, 1.807) is 36.4 Å². The number of nitrogens with zero attached hydrogens (tertiary/aromatic N) is 3. The van der Waals surface area contributed by atoms with E-state index in [1.807, 2.05) is 62.4 Å². The minimum absolute atomic E-state index is 0.0638. The summed E-state index contributed by atoms with van der Waals surface area (Å²) in [5.41, 5.74) is 4.39. The average molecular weight is 719 g/mol. The molecule has 1 saturated heterocycles. The third-order valence-corrected chi connectivity index (χ3v) is 10.5. The molecule has 2 heterocycles. The molecule has 1 aromatic heterocycles. The summed E-state index contributed by atoms with van der Waals surface area (Å²) in [5, 5.41) is 21.6. The van der Waals surface area contributed by atoms with E-state index in [0.29, 0.717) is 49.4 Å². The summed E-state index contributed by atoms with van der Waals surface area (Å²) in [4.78, 5) is 28.9. The van der Waals surface area contributed by atoms with Gasteiger partial charge in [-0.2, -0.15) is 0 Å². The van der Waals surface area contributed by atoms with Crippen molar-refractivity contribution in [3.05, 3.63) is 134 Å². The molecular formula is C36H29Cl2N3O5S2. The Bertz CT molecular complexity index is 2050. The van der Waals surface area contributed by atoms with Crippen LogP contribution in [0.5, 0.6) is 11.5 Å². The van der Waals surface area contributed by atoms with Gasteiger partial charge in [0.25, 0.3) is 5.78 Å². The Labute approximate surface area is 295 Å². The molecule has 0 bridgehead atoms. The Morgan fingerprint density at radius 1 is 0.958 bits per heavy atom. The molecule has 6 rings (SSSR count). The minimum Gasteiger partial charge on any atom is -0.507 e. The first-order valence-electron chi connectivity index (χ1n) is 14.8. The molecule has 0 aliphatic carbocycles. The number of halogens is 2. The zero-order valence-corrected chi connectivity index (χ0v) is 29.2. The van der Waals surface area contributed by atoms with Crippen molar-refractivity contribution >= 4 is 68.9 Å². The van der Waals surface area contributed by atoms with Crippen LogP contribution in [0.3, 0.4) is 0 Å². The predicted molar refractivity (Wildman–Crippen MR) is 190 cm³/mol. The maximum atomic E-state index is 13.8. The van der Waals surface area contributed by atoms with Gasteiger partial charge in [-0.15, -0.1) is 10.2 Å².